The van der Waals surface area contributed by atoms with Gasteiger partial charge in [-0.25, -0.2) is 16.8 Å². The molecule has 2 heterocycles. The third-order valence-electron chi connectivity index (χ3n) is 4.99. The lowest BCUT2D eigenvalue weighted by molar-refractivity contribution is 0.171. The molecule has 1 saturated heterocycles. The first kappa shape index (κ1) is 19.2. The molecule has 150 valence electrons. The Morgan fingerprint density at radius 3 is 2.32 bits per heavy atom. The van der Waals surface area contributed by atoms with Gasteiger partial charge in [-0.2, -0.15) is 4.31 Å². The van der Waals surface area contributed by atoms with Gasteiger partial charge in [0.15, 0.2) is 21.3 Å². The van der Waals surface area contributed by atoms with E-state index in [2.05, 4.69) is 0 Å². The Balaban J connectivity index is 1.75. The Labute approximate surface area is 164 Å². The molecule has 4 rings (SSSR count). The smallest absolute Gasteiger partial charge is 0.244 e. The Kier molecular flexibility index (Phi) is 4.84. The van der Waals surface area contributed by atoms with Gasteiger partial charge in [-0.3, -0.25) is 0 Å². The van der Waals surface area contributed by atoms with E-state index in [-0.39, 0.29) is 15.8 Å². The Bertz CT molecular complexity index is 1110. The lowest BCUT2D eigenvalue weighted by Gasteiger charge is -2.26. The van der Waals surface area contributed by atoms with Crippen molar-refractivity contribution in [2.75, 3.05) is 26.0 Å². The minimum Gasteiger partial charge on any atom is -0.486 e. The molecule has 28 heavy (non-hydrogen) atoms. The van der Waals surface area contributed by atoms with Crippen molar-refractivity contribution in [1.29, 1.82) is 0 Å². The van der Waals surface area contributed by atoms with Crippen molar-refractivity contribution >= 4 is 19.9 Å². The van der Waals surface area contributed by atoms with Crippen LogP contribution in [-0.4, -0.2) is 47.2 Å². The minimum atomic E-state index is -3.99. The summed E-state index contributed by atoms with van der Waals surface area (Å²) in [5.41, 5.74) is 0.808. The summed E-state index contributed by atoms with van der Waals surface area (Å²) in [7, 11) is -7.67. The number of ether oxygens (including phenoxy) is 2. The molecule has 0 saturated carbocycles. The van der Waals surface area contributed by atoms with Crippen LogP contribution in [0.2, 0.25) is 0 Å². The lowest BCUT2D eigenvalue weighted by Crippen LogP contribution is -2.31. The van der Waals surface area contributed by atoms with Crippen LogP contribution in [0.1, 0.15) is 24.4 Å². The monoisotopic (exact) mass is 423 g/mol. The van der Waals surface area contributed by atoms with Crippen LogP contribution in [-0.2, 0) is 19.9 Å². The van der Waals surface area contributed by atoms with Gasteiger partial charge >= 0.3 is 0 Å². The van der Waals surface area contributed by atoms with Gasteiger partial charge in [0.05, 0.1) is 10.9 Å². The maximum atomic E-state index is 13.4. The molecule has 7 nitrogen and oxygen atoms in total. The predicted molar refractivity (Wildman–Crippen MR) is 103 cm³/mol. The number of benzene rings is 2. The van der Waals surface area contributed by atoms with Gasteiger partial charge in [-0.1, -0.05) is 18.2 Å². The van der Waals surface area contributed by atoms with E-state index < -0.39 is 19.9 Å². The third kappa shape index (κ3) is 3.38. The zero-order valence-electron chi connectivity index (χ0n) is 15.4. The van der Waals surface area contributed by atoms with Crippen molar-refractivity contribution in [3.63, 3.8) is 0 Å². The third-order valence-corrected chi connectivity index (χ3v) is 8.24. The number of hydrogen-bond donors (Lipinski definition) is 0. The number of hydrogen-bond acceptors (Lipinski definition) is 6. The predicted octanol–water partition coefficient (Wildman–Crippen LogP) is 2.39. The van der Waals surface area contributed by atoms with E-state index in [1.165, 1.54) is 28.6 Å². The summed E-state index contributed by atoms with van der Waals surface area (Å²) in [5, 5.41) is 0. The van der Waals surface area contributed by atoms with Crippen LogP contribution >= 0.6 is 0 Å². The van der Waals surface area contributed by atoms with Gasteiger partial charge in [-0.05, 0) is 42.7 Å². The molecular formula is C19H21NO6S2. The highest BCUT2D eigenvalue weighted by Crippen LogP contribution is 2.41. The van der Waals surface area contributed by atoms with Gasteiger partial charge in [-0.15, -0.1) is 0 Å². The van der Waals surface area contributed by atoms with Crippen LogP contribution in [0.5, 0.6) is 11.5 Å². The second-order valence-electron chi connectivity index (χ2n) is 6.90. The summed E-state index contributed by atoms with van der Waals surface area (Å²) in [5.74, 6) is 1.24. The summed E-state index contributed by atoms with van der Waals surface area (Å²) in [6, 6.07) is 10.8. The molecule has 0 aliphatic carbocycles. The number of fused-ring (bicyclic) bond motifs is 1. The second kappa shape index (κ2) is 7.06. The summed E-state index contributed by atoms with van der Waals surface area (Å²) >= 11 is 0. The van der Waals surface area contributed by atoms with Crippen LogP contribution < -0.4 is 9.47 Å². The lowest BCUT2D eigenvalue weighted by atomic mass is 10.0. The number of sulfonamides is 1. The molecule has 0 N–H and O–H groups in total. The molecule has 2 aromatic carbocycles. The number of rotatable bonds is 4. The molecule has 9 heteroatoms. The van der Waals surface area contributed by atoms with Crippen LogP contribution in [0.3, 0.4) is 0 Å². The standard InChI is InChI=1S/C19H21NO6S2/c1-27(21,22)18-6-2-3-7-19(18)28(23,24)20-10-4-5-15(20)14-8-9-16-17(13-14)26-12-11-25-16/h2-3,6-9,13,15H,4-5,10-12H2,1H3. The van der Waals surface area contributed by atoms with Crippen molar-refractivity contribution in [3.05, 3.63) is 48.0 Å². The molecule has 2 aliphatic rings. The van der Waals surface area contributed by atoms with Crippen molar-refractivity contribution < 1.29 is 26.3 Å². The van der Waals surface area contributed by atoms with Gasteiger partial charge in [0, 0.05) is 12.8 Å². The molecule has 1 fully saturated rings. The first-order valence-electron chi connectivity index (χ1n) is 8.99. The highest BCUT2D eigenvalue weighted by Gasteiger charge is 2.38. The fourth-order valence-electron chi connectivity index (χ4n) is 3.72. The molecule has 0 spiro atoms. The molecule has 0 radical (unpaired) electrons. The SMILES string of the molecule is CS(=O)(=O)c1ccccc1S(=O)(=O)N1CCCC1c1ccc2c(c1)OCCO2. The van der Waals surface area contributed by atoms with E-state index in [0.29, 0.717) is 44.1 Å². The van der Waals surface area contributed by atoms with Crippen LogP contribution in [0, 0.1) is 0 Å². The fourth-order valence-corrected chi connectivity index (χ4v) is 7.01. The van der Waals surface area contributed by atoms with E-state index in [1.807, 2.05) is 12.1 Å². The topological polar surface area (TPSA) is 90.0 Å². The summed E-state index contributed by atoms with van der Waals surface area (Å²) in [6.45, 7) is 1.27. The quantitative estimate of drug-likeness (QED) is 0.750. The minimum absolute atomic E-state index is 0.178. The van der Waals surface area contributed by atoms with Gasteiger partial charge in [0.1, 0.15) is 18.1 Å². The summed E-state index contributed by atoms with van der Waals surface area (Å²) in [6.07, 6.45) is 2.36. The highest BCUT2D eigenvalue weighted by molar-refractivity contribution is 7.93. The van der Waals surface area contributed by atoms with Crippen LogP contribution in [0.15, 0.2) is 52.3 Å². The van der Waals surface area contributed by atoms with Crippen molar-refractivity contribution in [2.24, 2.45) is 0 Å². The molecule has 1 atom stereocenters. The summed E-state index contributed by atoms with van der Waals surface area (Å²) < 4.78 is 63.5. The van der Waals surface area contributed by atoms with E-state index in [4.69, 9.17) is 9.47 Å². The van der Waals surface area contributed by atoms with Crippen LogP contribution in [0.4, 0.5) is 0 Å². The molecule has 2 aromatic rings. The first-order valence-corrected chi connectivity index (χ1v) is 12.3. The zero-order chi connectivity index (χ0) is 19.9. The fraction of sp³-hybridized carbons (Fsp3) is 0.368. The maximum absolute atomic E-state index is 13.4. The summed E-state index contributed by atoms with van der Waals surface area (Å²) in [4.78, 5) is -0.357. The van der Waals surface area contributed by atoms with Crippen LogP contribution in [0.25, 0.3) is 0 Å². The normalized spacial score (nSPS) is 20.2. The van der Waals surface area contributed by atoms with E-state index in [9.17, 15) is 16.8 Å². The van der Waals surface area contributed by atoms with Crippen molar-refractivity contribution in [1.82, 2.24) is 4.31 Å². The van der Waals surface area contributed by atoms with Gasteiger partial charge in [0.2, 0.25) is 10.0 Å². The Hall–Kier alpha value is -2.10. The van der Waals surface area contributed by atoms with Gasteiger partial charge in [0.25, 0.3) is 0 Å². The Morgan fingerprint density at radius 1 is 0.929 bits per heavy atom. The molecular weight excluding hydrogens is 402 g/mol. The van der Waals surface area contributed by atoms with Gasteiger partial charge < -0.3 is 9.47 Å². The van der Waals surface area contributed by atoms with E-state index >= 15 is 0 Å². The first-order chi connectivity index (χ1) is 13.3. The molecule has 0 bridgehead atoms. The maximum Gasteiger partial charge on any atom is 0.244 e. The Morgan fingerprint density at radius 2 is 1.61 bits per heavy atom. The highest BCUT2D eigenvalue weighted by atomic mass is 32.2. The average Bonchev–Trinajstić information content (AvgIpc) is 3.18. The molecule has 0 amide bonds. The molecule has 0 aromatic heterocycles. The average molecular weight is 424 g/mol. The molecule has 2 aliphatic heterocycles. The molecule has 1 unspecified atom stereocenters. The van der Waals surface area contributed by atoms with Crippen molar-refractivity contribution in [3.8, 4) is 11.5 Å². The van der Waals surface area contributed by atoms with E-state index in [0.717, 1.165) is 11.8 Å². The number of nitrogens with zero attached hydrogens (tertiary/aromatic N) is 1. The largest absolute Gasteiger partial charge is 0.486 e. The van der Waals surface area contributed by atoms with E-state index in [1.54, 1.807) is 6.07 Å². The number of sulfone groups is 1. The zero-order valence-corrected chi connectivity index (χ0v) is 17.0. The second-order valence-corrected chi connectivity index (χ2v) is 10.7. The van der Waals surface area contributed by atoms with Crippen molar-refractivity contribution in [2.45, 2.75) is 28.7 Å².